The monoisotopic (exact) mass is 152 g/mol. The highest BCUT2D eigenvalue weighted by atomic mass is 16.3. The molecule has 1 nitrogen and oxygen atoms in total. The van der Waals surface area contributed by atoms with E-state index in [2.05, 4.69) is 12.7 Å². The highest BCUT2D eigenvalue weighted by molar-refractivity contribution is 5.20. The van der Waals surface area contributed by atoms with E-state index < -0.39 is 0 Å². The molecule has 1 atom stereocenters. The Morgan fingerprint density at radius 1 is 1.45 bits per heavy atom. The second kappa shape index (κ2) is 4.35. The minimum absolute atomic E-state index is 0.257. The summed E-state index contributed by atoms with van der Waals surface area (Å²) in [5.74, 6) is 0. The SMILES string of the molecule is C=C/C1=C/CCCCCC1O. The fourth-order valence-corrected chi connectivity index (χ4v) is 1.45. The van der Waals surface area contributed by atoms with Crippen LogP contribution in [0.2, 0.25) is 0 Å². The summed E-state index contributed by atoms with van der Waals surface area (Å²) in [6, 6.07) is 0. The van der Waals surface area contributed by atoms with Crippen LogP contribution in [0.4, 0.5) is 0 Å². The van der Waals surface area contributed by atoms with Crippen molar-refractivity contribution in [2.45, 2.75) is 38.2 Å². The summed E-state index contributed by atoms with van der Waals surface area (Å²) in [4.78, 5) is 0. The van der Waals surface area contributed by atoms with Crippen LogP contribution in [0.25, 0.3) is 0 Å². The van der Waals surface area contributed by atoms with E-state index in [4.69, 9.17) is 0 Å². The predicted molar refractivity (Wildman–Crippen MR) is 47.4 cm³/mol. The summed E-state index contributed by atoms with van der Waals surface area (Å²) < 4.78 is 0. The van der Waals surface area contributed by atoms with Crippen molar-refractivity contribution in [1.82, 2.24) is 0 Å². The fraction of sp³-hybridized carbons (Fsp3) is 0.600. The van der Waals surface area contributed by atoms with Crippen LogP contribution in [0.1, 0.15) is 32.1 Å². The first-order chi connectivity index (χ1) is 5.34. The molecule has 62 valence electrons. The van der Waals surface area contributed by atoms with Crippen LogP contribution in [0.15, 0.2) is 24.3 Å². The Bertz CT molecular complexity index is 158. The van der Waals surface area contributed by atoms with Crippen molar-refractivity contribution in [2.75, 3.05) is 0 Å². The molecule has 0 aromatic rings. The van der Waals surface area contributed by atoms with Crippen LogP contribution in [0.3, 0.4) is 0 Å². The van der Waals surface area contributed by atoms with Crippen molar-refractivity contribution in [3.05, 3.63) is 24.3 Å². The van der Waals surface area contributed by atoms with Gasteiger partial charge in [-0.25, -0.2) is 0 Å². The highest BCUT2D eigenvalue weighted by Gasteiger charge is 2.08. The van der Waals surface area contributed by atoms with Gasteiger partial charge in [0.2, 0.25) is 0 Å². The molecule has 1 aliphatic rings. The molecule has 0 aromatic heterocycles. The molecule has 1 rings (SSSR count). The van der Waals surface area contributed by atoms with Gasteiger partial charge in [0.05, 0.1) is 6.10 Å². The summed E-state index contributed by atoms with van der Waals surface area (Å²) in [5, 5.41) is 9.53. The molecule has 0 radical (unpaired) electrons. The number of aliphatic hydroxyl groups is 1. The van der Waals surface area contributed by atoms with Crippen molar-refractivity contribution in [1.29, 1.82) is 0 Å². The van der Waals surface area contributed by atoms with Gasteiger partial charge >= 0.3 is 0 Å². The van der Waals surface area contributed by atoms with Crippen molar-refractivity contribution in [3.63, 3.8) is 0 Å². The first kappa shape index (κ1) is 8.54. The van der Waals surface area contributed by atoms with E-state index in [1.165, 1.54) is 12.8 Å². The number of hydrogen-bond acceptors (Lipinski definition) is 1. The lowest BCUT2D eigenvalue weighted by Gasteiger charge is -2.14. The molecule has 0 heterocycles. The smallest absolute Gasteiger partial charge is 0.0786 e. The Morgan fingerprint density at radius 3 is 3.00 bits per heavy atom. The van der Waals surface area contributed by atoms with Gasteiger partial charge in [0.1, 0.15) is 0 Å². The number of allylic oxidation sites excluding steroid dienone is 1. The highest BCUT2D eigenvalue weighted by Crippen LogP contribution is 2.17. The zero-order valence-corrected chi connectivity index (χ0v) is 6.92. The first-order valence-electron chi connectivity index (χ1n) is 4.35. The Hall–Kier alpha value is -0.560. The zero-order valence-electron chi connectivity index (χ0n) is 6.92. The van der Waals surface area contributed by atoms with Gasteiger partial charge in [-0.1, -0.05) is 31.6 Å². The molecule has 0 aromatic carbocycles. The molecule has 1 heteroatoms. The molecular weight excluding hydrogens is 136 g/mol. The lowest BCUT2D eigenvalue weighted by atomic mass is 9.98. The van der Waals surface area contributed by atoms with Crippen molar-refractivity contribution in [2.24, 2.45) is 0 Å². The quantitative estimate of drug-likeness (QED) is 0.611. The molecule has 0 bridgehead atoms. The summed E-state index contributed by atoms with van der Waals surface area (Å²) in [6.07, 6.45) is 9.27. The molecule has 1 aliphatic carbocycles. The molecule has 1 N–H and O–H groups in total. The average molecular weight is 152 g/mol. The van der Waals surface area contributed by atoms with Crippen molar-refractivity contribution < 1.29 is 5.11 Å². The van der Waals surface area contributed by atoms with E-state index >= 15 is 0 Å². The molecule has 0 aliphatic heterocycles. The first-order valence-corrected chi connectivity index (χ1v) is 4.35. The molecule has 1 unspecified atom stereocenters. The van der Waals surface area contributed by atoms with E-state index in [0.29, 0.717) is 0 Å². The fourth-order valence-electron chi connectivity index (χ4n) is 1.45. The molecule has 0 fully saturated rings. The predicted octanol–water partition coefficient (Wildman–Crippen LogP) is 2.42. The average Bonchev–Trinajstić information content (AvgIpc) is 1.98. The van der Waals surface area contributed by atoms with Crippen LogP contribution >= 0.6 is 0 Å². The van der Waals surface area contributed by atoms with Gasteiger partial charge < -0.3 is 5.11 Å². The molecule has 0 saturated carbocycles. The largest absolute Gasteiger partial charge is 0.388 e. The maximum absolute atomic E-state index is 9.53. The number of hydrogen-bond donors (Lipinski definition) is 1. The van der Waals surface area contributed by atoms with Gasteiger partial charge in [0, 0.05) is 0 Å². The van der Waals surface area contributed by atoms with E-state index in [0.717, 1.165) is 24.8 Å². The van der Waals surface area contributed by atoms with Crippen LogP contribution in [-0.4, -0.2) is 11.2 Å². The third-order valence-electron chi connectivity index (χ3n) is 2.18. The Kier molecular flexibility index (Phi) is 3.37. The van der Waals surface area contributed by atoms with Crippen LogP contribution in [0, 0.1) is 0 Å². The van der Waals surface area contributed by atoms with Crippen LogP contribution < -0.4 is 0 Å². The Balaban J connectivity index is 2.59. The van der Waals surface area contributed by atoms with E-state index in [9.17, 15) is 5.11 Å². The van der Waals surface area contributed by atoms with Gasteiger partial charge in [-0.2, -0.15) is 0 Å². The summed E-state index contributed by atoms with van der Waals surface area (Å²) in [6.45, 7) is 3.68. The summed E-state index contributed by atoms with van der Waals surface area (Å²) >= 11 is 0. The topological polar surface area (TPSA) is 20.2 Å². The maximum Gasteiger partial charge on any atom is 0.0786 e. The van der Waals surface area contributed by atoms with Crippen LogP contribution in [-0.2, 0) is 0 Å². The van der Waals surface area contributed by atoms with Gasteiger partial charge in [-0.15, -0.1) is 0 Å². The molecule has 11 heavy (non-hydrogen) atoms. The standard InChI is InChI=1S/C10H16O/c1-2-9-7-5-3-4-6-8-10(9)11/h2,7,10-11H,1,3-6,8H2/b9-7-. The van der Waals surface area contributed by atoms with Crippen molar-refractivity contribution in [3.8, 4) is 0 Å². The minimum atomic E-state index is -0.257. The molecular formula is C10H16O. The third kappa shape index (κ3) is 2.51. The Morgan fingerprint density at radius 2 is 2.27 bits per heavy atom. The zero-order chi connectivity index (χ0) is 8.10. The number of aliphatic hydroxyl groups excluding tert-OH is 1. The summed E-state index contributed by atoms with van der Waals surface area (Å²) in [7, 11) is 0. The van der Waals surface area contributed by atoms with Gasteiger partial charge in [-0.05, 0) is 24.8 Å². The molecule has 0 saturated heterocycles. The summed E-state index contributed by atoms with van der Waals surface area (Å²) in [5.41, 5.74) is 1.02. The minimum Gasteiger partial charge on any atom is -0.388 e. The normalized spacial score (nSPS) is 31.4. The van der Waals surface area contributed by atoms with E-state index in [1.807, 2.05) is 0 Å². The second-order valence-corrected chi connectivity index (χ2v) is 3.06. The second-order valence-electron chi connectivity index (χ2n) is 3.06. The maximum atomic E-state index is 9.53. The lowest BCUT2D eigenvalue weighted by Crippen LogP contribution is -2.09. The van der Waals surface area contributed by atoms with Gasteiger partial charge in [0.25, 0.3) is 0 Å². The number of rotatable bonds is 1. The lowest BCUT2D eigenvalue weighted by molar-refractivity contribution is 0.197. The van der Waals surface area contributed by atoms with Gasteiger partial charge in [-0.3, -0.25) is 0 Å². The van der Waals surface area contributed by atoms with E-state index in [1.54, 1.807) is 6.08 Å². The molecule has 0 amide bonds. The van der Waals surface area contributed by atoms with E-state index in [-0.39, 0.29) is 6.10 Å². The van der Waals surface area contributed by atoms with Crippen molar-refractivity contribution >= 4 is 0 Å². The Labute approximate surface area is 68.4 Å². The van der Waals surface area contributed by atoms with Crippen LogP contribution in [0.5, 0.6) is 0 Å². The third-order valence-corrected chi connectivity index (χ3v) is 2.18. The van der Waals surface area contributed by atoms with Gasteiger partial charge in [0.15, 0.2) is 0 Å². The molecule has 0 spiro atoms.